The van der Waals surface area contributed by atoms with E-state index in [2.05, 4.69) is 49.1 Å². The van der Waals surface area contributed by atoms with Crippen molar-refractivity contribution in [1.29, 1.82) is 0 Å². The van der Waals surface area contributed by atoms with Crippen molar-refractivity contribution < 1.29 is 4.79 Å². The average Bonchev–Trinajstić information content (AvgIpc) is 3.33. The van der Waals surface area contributed by atoms with E-state index in [-0.39, 0.29) is 5.91 Å². The maximum Gasteiger partial charge on any atom is 0.253 e. The number of nitrogens with zero attached hydrogens (tertiary/aromatic N) is 2. The maximum absolute atomic E-state index is 12.5. The molecule has 0 bridgehead atoms. The quantitative estimate of drug-likeness (QED) is 0.774. The normalized spacial score (nSPS) is 20.4. The summed E-state index contributed by atoms with van der Waals surface area (Å²) in [5.74, 6) is 0.188. The van der Waals surface area contributed by atoms with Gasteiger partial charge in [-0.1, -0.05) is 41.5 Å². The largest absolute Gasteiger partial charge is 0.339 e. The second-order valence-corrected chi connectivity index (χ2v) is 8.25. The smallest absolute Gasteiger partial charge is 0.253 e. The van der Waals surface area contributed by atoms with Crippen LogP contribution in [0.4, 0.5) is 0 Å². The van der Waals surface area contributed by atoms with Crippen LogP contribution >= 0.6 is 0 Å². The molecule has 1 amide bonds. The summed E-state index contributed by atoms with van der Waals surface area (Å²) in [7, 11) is 0. The van der Waals surface area contributed by atoms with E-state index in [1.54, 1.807) is 0 Å². The molecule has 2 fully saturated rings. The Morgan fingerprint density at radius 3 is 2.26 bits per heavy atom. The van der Waals surface area contributed by atoms with Crippen LogP contribution in [0.15, 0.2) is 42.5 Å². The highest BCUT2D eigenvalue weighted by atomic mass is 16.2. The minimum absolute atomic E-state index is 0.188. The molecule has 0 aromatic heterocycles. The van der Waals surface area contributed by atoms with Crippen LogP contribution in [0, 0.1) is 13.8 Å². The number of likely N-dealkylation sites (tertiary alicyclic amines) is 2. The van der Waals surface area contributed by atoms with Crippen LogP contribution in [0.5, 0.6) is 0 Å². The number of hydrogen-bond acceptors (Lipinski definition) is 2. The molecule has 2 aliphatic rings. The molecule has 0 saturated carbocycles. The van der Waals surface area contributed by atoms with Gasteiger partial charge in [0.05, 0.1) is 0 Å². The van der Waals surface area contributed by atoms with Crippen molar-refractivity contribution in [2.45, 2.75) is 52.1 Å². The molecule has 1 unspecified atom stereocenters. The highest BCUT2D eigenvalue weighted by Gasteiger charge is 2.26. The Bertz CT molecular complexity index is 785. The van der Waals surface area contributed by atoms with Gasteiger partial charge in [-0.25, -0.2) is 0 Å². The van der Waals surface area contributed by atoms with E-state index in [1.165, 1.54) is 35.1 Å². The lowest BCUT2D eigenvalue weighted by atomic mass is 9.99. The third-order valence-electron chi connectivity index (χ3n) is 5.97. The zero-order valence-corrected chi connectivity index (χ0v) is 16.6. The van der Waals surface area contributed by atoms with Gasteiger partial charge in [0, 0.05) is 31.2 Å². The number of aryl methyl sites for hydroxylation is 2. The molecule has 3 nitrogen and oxygen atoms in total. The summed E-state index contributed by atoms with van der Waals surface area (Å²) in [6.45, 7) is 8.29. The number of hydrogen-bond donors (Lipinski definition) is 0. The number of amides is 1. The third-order valence-corrected chi connectivity index (χ3v) is 5.97. The lowest BCUT2D eigenvalue weighted by molar-refractivity contribution is 0.0793. The van der Waals surface area contributed by atoms with Gasteiger partial charge < -0.3 is 4.90 Å². The van der Waals surface area contributed by atoms with Crippen LogP contribution in [-0.2, 0) is 6.54 Å². The molecule has 2 aliphatic heterocycles. The van der Waals surface area contributed by atoms with Gasteiger partial charge in [0.15, 0.2) is 0 Å². The molecule has 4 rings (SSSR count). The summed E-state index contributed by atoms with van der Waals surface area (Å²) < 4.78 is 0. The molecule has 142 valence electrons. The first-order valence-electron chi connectivity index (χ1n) is 10.3. The van der Waals surface area contributed by atoms with Crippen LogP contribution in [0.3, 0.4) is 0 Å². The summed E-state index contributed by atoms with van der Waals surface area (Å²) in [4.78, 5) is 17.1. The van der Waals surface area contributed by atoms with Gasteiger partial charge >= 0.3 is 0 Å². The molecule has 2 aromatic carbocycles. The second-order valence-electron chi connectivity index (χ2n) is 8.25. The molecule has 0 spiro atoms. The summed E-state index contributed by atoms with van der Waals surface area (Å²) in [6.07, 6.45) is 4.76. The summed E-state index contributed by atoms with van der Waals surface area (Å²) in [6, 6.07) is 15.7. The monoisotopic (exact) mass is 362 g/mol. The predicted octanol–water partition coefficient (Wildman–Crippen LogP) is 4.88. The number of rotatable bonds is 4. The second kappa shape index (κ2) is 7.85. The Labute approximate surface area is 163 Å². The van der Waals surface area contributed by atoms with E-state index < -0.39 is 0 Å². The van der Waals surface area contributed by atoms with Crippen LogP contribution in [0.1, 0.15) is 64.3 Å². The standard InChI is InChI=1S/C24H30N2O/c1-18-14-19(2)16-22(15-18)23-6-5-13-26(23)17-20-7-9-21(10-8-20)24(27)25-11-3-4-12-25/h7-10,14-16,23H,3-6,11-13,17H2,1-2H3. The Balaban J connectivity index is 1.45. The van der Waals surface area contributed by atoms with Gasteiger partial charge in [-0.2, -0.15) is 0 Å². The van der Waals surface area contributed by atoms with Gasteiger partial charge in [0.2, 0.25) is 0 Å². The van der Waals surface area contributed by atoms with Gasteiger partial charge in [0.25, 0.3) is 5.91 Å². The van der Waals surface area contributed by atoms with Gasteiger partial charge in [0.1, 0.15) is 0 Å². The summed E-state index contributed by atoms with van der Waals surface area (Å²) >= 11 is 0. The highest BCUT2D eigenvalue weighted by molar-refractivity contribution is 5.94. The number of benzene rings is 2. The van der Waals surface area contributed by atoms with E-state index in [4.69, 9.17) is 0 Å². The molecule has 2 heterocycles. The zero-order chi connectivity index (χ0) is 18.8. The Kier molecular flexibility index (Phi) is 5.31. The van der Waals surface area contributed by atoms with E-state index >= 15 is 0 Å². The molecule has 0 N–H and O–H groups in total. The Morgan fingerprint density at radius 2 is 1.59 bits per heavy atom. The Hall–Kier alpha value is -2.13. The molecule has 2 aromatic rings. The fraction of sp³-hybridized carbons (Fsp3) is 0.458. The van der Waals surface area contributed by atoms with E-state index in [0.29, 0.717) is 6.04 Å². The SMILES string of the molecule is Cc1cc(C)cc(C2CCCN2Cc2ccc(C(=O)N3CCCC3)cc2)c1. The molecule has 0 radical (unpaired) electrons. The van der Waals surface area contributed by atoms with Crippen LogP contribution < -0.4 is 0 Å². The fourth-order valence-electron chi connectivity index (χ4n) is 4.69. The topological polar surface area (TPSA) is 23.6 Å². The molecule has 1 atom stereocenters. The third kappa shape index (κ3) is 4.08. The number of carbonyl (C=O) groups is 1. The van der Waals surface area contributed by atoms with Crippen molar-refractivity contribution in [3.8, 4) is 0 Å². The number of carbonyl (C=O) groups excluding carboxylic acids is 1. The minimum atomic E-state index is 0.188. The summed E-state index contributed by atoms with van der Waals surface area (Å²) in [5.41, 5.74) is 6.27. The summed E-state index contributed by atoms with van der Waals surface area (Å²) in [5, 5.41) is 0. The minimum Gasteiger partial charge on any atom is -0.339 e. The van der Waals surface area contributed by atoms with Crippen molar-refractivity contribution in [2.24, 2.45) is 0 Å². The maximum atomic E-state index is 12.5. The van der Waals surface area contributed by atoms with E-state index in [0.717, 1.165) is 44.6 Å². The first-order valence-corrected chi connectivity index (χ1v) is 10.3. The molecule has 27 heavy (non-hydrogen) atoms. The lowest BCUT2D eigenvalue weighted by Crippen LogP contribution is -2.27. The van der Waals surface area contributed by atoms with Crippen molar-refractivity contribution in [3.63, 3.8) is 0 Å². The van der Waals surface area contributed by atoms with Gasteiger partial charge in [-0.05, 0) is 69.3 Å². The van der Waals surface area contributed by atoms with E-state index in [1.807, 2.05) is 17.0 Å². The van der Waals surface area contributed by atoms with E-state index in [9.17, 15) is 4.79 Å². The first kappa shape index (κ1) is 18.2. The zero-order valence-electron chi connectivity index (χ0n) is 16.6. The van der Waals surface area contributed by atoms with Crippen molar-refractivity contribution >= 4 is 5.91 Å². The molecular weight excluding hydrogens is 332 g/mol. The predicted molar refractivity (Wildman–Crippen MR) is 110 cm³/mol. The molecule has 3 heteroatoms. The first-order chi connectivity index (χ1) is 13.1. The highest BCUT2D eigenvalue weighted by Crippen LogP contribution is 2.34. The molecule has 0 aliphatic carbocycles. The van der Waals surface area contributed by atoms with Crippen LogP contribution in [-0.4, -0.2) is 35.3 Å². The van der Waals surface area contributed by atoms with Crippen molar-refractivity contribution in [2.75, 3.05) is 19.6 Å². The van der Waals surface area contributed by atoms with Gasteiger partial charge in [-0.15, -0.1) is 0 Å². The van der Waals surface area contributed by atoms with Crippen LogP contribution in [0.25, 0.3) is 0 Å². The van der Waals surface area contributed by atoms with Crippen LogP contribution in [0.2, 0.25) is 0 Å². The Morgan fingerprint density at radius 1 is 0.926 bits per heavy atom. The lowest BCUT2D eigenvalue weighted by Gasteiger charge is -2.25. The van der Waals surface area contributed by atoms with Gasteiger partial charge in [-0.3, -0.25) is 9.69 Å². The van der Waals surface area contributed by atoms with Crippen molar-refractivity contribution in [1.82, 2.24) is 9.80 Å². The fourth-order valence-corrected chi connectivity index (χ4v) is 4.69. The average molecular weight is 363 g/mol. The molecule has 2 saturated heterocycles. The molecular formula is C24H30N2O. The van der Waals surface area contributed by atoms with Crippen molar-refractivity contribution in [3.05, 3.63) is 70.3 Å².